The molecule has 0 aromatic carbocycles. The molecule has 0 saturated heterocycles. The highest BCUT2D eigenvalue weighted by Gasteiger charge is 2.31. The van der Waals surface area contributed by atoms with Crippen LogP contribution in [0.2, 0.25) is 0 Å². The fraction of sp³-hybridized carbons (Fsp3) is 0.810. The first-order chi connectivity index (χ1) is 10.1. The maximum absolute atomic E-state index is 4.29. The molecule has 21 heavy (non-hydrogen) atoms. The van der Waals surface area contributed by atoms with Gasteiger partial charge in [-0.3, -0.25) is 0 Å². The average molecular weight is 291 g/mol. The van der Waals surface area contributed by atoms with Crippen LogP contribution in [0.5, 0.6) is 0 Å². The highest BCUT2D eigenvalue weighted by atomic mass is 14.4. The minimum atomic E-state index is 0.714. The first-order valence-electron chi connectivity index (χ1n) is 9.38. The van der Waals surface area contributed by atoms with Gasteiger partial charge < -0.3 is 0 Å². The summed E-state index contributed by atoms with van der Waals surface area (Å²) in [6.45, 7) is 13.5. The summed E-state index contributed by atoms with van der Waals surface area (Å²) in [5.74, 6) is 3.59. The summed E-state index contributed by atoms with van der Waals surface area (Å²) in [5, 5.41) is 0. The summed E-state index contributed by atoms with van der Waals surface area (Å²) in [6.07, 6.45) is 16.9. The van der Waals surface area contributed by atoms with E-state index in [1.54, 1.807) is 0 Å². The Bertz CT molecular complexity index is 312. The van der Waals surface area contributed by atoms with Crippen molar-refractivity contribution >= 4 is 0 Å². The van der Waals surface area contributed by atoms with Gasteiger partial charge in [-0.25, -0.2) is 0 Å². The van der Waals surface area contributed by atoms with Crippen LogP contribution in [0.25, 0.3) is 0 Å². The molecule has 0 aliphatic heterocycles. The standard InChI is InChI=1S/C21H38/c1-6-8-11-17(3)18(4)12-9-13-20(10-7-2)14-15-21-16-19(21)5/h7,10,18-21H,3,6,8-9,11-16H2,1-2,4-5H3. The molecule has 1 aliphatic carbocycles. The molecule has 0 heteroatoms. The van der Waals surface area contributed by atoms with Crippen LogP contribution in [0.4, 0.5) is 0 Å². The Balaban J connectivity index is 2.18. The molecule has 4 unspecified atom stereocenters. The third kappa shape index (κ3) is 7.88. The minimum absolute atomic E-state index is 0.714. The van der Waals surface area contributed by atoms with Crippen molar-refractivity contribution in [3.05, 3.63) is 24.3 Å². The predicted octanol–water partition coefficient (Wildman–Crippen LogP) is 7.17. The highest BCUT2D eigenvalue weighted by molar-refractivity contribution is 4.99. The van der Waals surface area contributed by atoms with Crippen molar-refractivity contribution < 1.29 is 0 Å². The third-order valence-corrected chi connectivity index (χ3v) is 5.41. The van der Waals surface area contributed by atoms with E-state index in [1.807, 2.05) is 0 Å². The van der Waals surface area contributed by atoms with Crippen LogP contribution in [0.3, 0.4) is 0 Å². The Morgan fingerprint density at radius 3 is 2.52 bits per heavy atom. The lowest BCUT2D eigenvalue weighted by Crippen LogP contribution is -2.02. The SMILES string of the molecule is C=C(CCCC)C(C)CCCC(C=CC)CCC1CC1C. The Morgan fingerprint density at radius 1 is 1.24 bits per heavy atom. The van der Waals surface area contributed by atoms with Crippen LogP contribution in [-0.4, -0.2) is 0 Å². The van der Waals surface area contributed by atoms with Crippen LogP contribution in [0, 0.1) is 23.7 Å². The van der Waals surface area contributed by atoms with E-state index < -0.39 is 0 Å². The van der Waals surface area contributed by atoms with Gasteiger partial charge in [-0.2, -0.15) is 0 Å². The van der Waals surface area contributed by atoms with Gasteiger partial charge in [0, 0.05) is 0 Å². The van der Waals surface area contributed by atoms with Gasteiger partial charge in [0.1, 0.15) is 0 Å². The van der Waals surface area contributed by atoms with E-state index in [9.17, 15) is 0 Å². The lowest BCUT2D eigenvalue weighted by Gasteiger charge is -2.17. The molecular weight excluding hydrogens is 252 g/mol. The van der Waals surface area contributed by atoms with Crippen LogP contribution in [0.1, 0.15) is 85.5 Å². The van der Waals surface area contributed by atoms with Gasteiger partial charge in [0.15, 0.2) is 0 Å². The normalized spacial score (nSPS) is 24.2. The highest BCUT2D eigenvalue weighted by Crippen LogP contribution is 2.42. The first-order valence-corrected chi connectivity index (χ1v) is 9.38. The van der Waals surface area contributed by atoms with Gasteiger partial charge in [0.25, 0.3) is 0 Å². The van der Waals surface area contributed by atoms with Gasteiger partial charge in [-0.05, 0) is 75.5 Å². The fourth-order valence-corrected chi connectivity index (χ4v) is 3.38. The third-order valence-electron chi connectivity index (χ3n) is 5.41. The van der Waals surface area contributed by atoms with Crippen LogP contribution in [0.15, 0.2) is 24.3 Å². The van der Waals surface area contributed by atoms with E-state index in [0.29, 0.717) is 5.92 Å². The molecule has 0 amide bonds. The fourth-order valence-electron chi connectivity index (χ4n) is 3.38. The molecule has 1 saturated carbocycles. The van der Waals surface area contributed by atoms with Gasteiger partial charge in [-0.1, -0.05) is 57.9 Å². The van der Waals surface area contributed by atoms with Crippen LogP contribution >= 0.6 is 0 Å². The number of allylic oxidation sites excluding steroid dienone is 3. The van der Waals surface area contributed by atoms with Gasteiger partial charge >= 0.3 is 0 Å². The topological polar surface area (TPSA) is 0 Å². The molecular formula is C21H38. The Kier molecular flexibility index (Phi) is 9.04. The molecule has 0 radical (unpaired) electrons. The zero-order chi connectivity index (χ0) is 15.7. The van der Waals surface area contributed by atoms with Crippen molar-refractivity contribution in [3.8, 4) is 0 Å². The zero-order valence-corrected chi connectivity index (χ0v) is 15.0. The molecule has 4 atom stereocenters. The van der Waals surface area contributed by atoms with Crippen molar-refractivity contribution in [1.29, 1.82) is 0 Å². The van der Waals surface area contributed by atoms with E-state index in [0.717, 1.165) is 17.8 Å². The molecule has 0 aromatic rings. The predicted molar refractivity (Wildman–Crippen MR) is 96.5 cm³/mol. The molecule has 1 aliphatic rings. The quantitative estimate of drug-likeness (QED) is 0.334. The summed E-state index contributed by atoms with van der Waals surface area (Å²) >= 11 is 0. The van der Waals surface area contributed by atoms with Crippen molar-refractivity contribution in [2.45, 2.75) is 85.5 Å². The summed E-state index contributed by atoms with van der Waals surface area (Å²) < 4.78 is 0. The summed E-state index contributed by atoms with van der Waals surface area (Å²) in [6, 6.07) is 0. The van der Waals surface area contributed by atoms with Crippen molar-refractivity contribution in [2.24, 2.45) is 23.7 Å². The number of rotatable bonds is 12. The molecule has 1 rings (SSSR count). The zero-order valence-electron chi connectivity index (χ0n) is 15.0. The van der Waals surface area contributed by atoms with Gasteiger partial charge in [0.2, 0.25) is 0 Å². The molecule has 0 N–H and O–H groups in total. The lowest BCUT2D eigenvalue weighted by molar-refractivity contribution is 0.447. The number of hydrogen-bond acceptors (Lipinski definition) is 0. The maximum Gasteiger partial charge on any atom is -0.0234 e. The molecule has 0 nitrogen and oxygen atoms in total. The Morgan fingerprint density at radius 2 is 1.95 bits per heavy atom. The van der Waals surface area contributed by atoms with E-state index in [4.69, 9.17) is 0 Å². The van der Waals surface area contributed by atoms with Crippen molar-refractivity contribution in [1.82, 2.24) is 0 Å². The van der Waals surface area contributed by atoms with Gasteiger partial charge in [-0.15, -0.1) is 0 Å². The summed E-state index contributed by atoms with van der Waals surface area (Å²) in [4.78, 5) is 0. The molecule has 1 fully saturated rings. The number of hydrogen-bond donors (Lipinski definition) is 0. The minimum Gasteiger partial charge on any atom is -0.0996 e. The molecule has 0 aromatic heterocycles. The molecule has 0 heterocycles. The van der Waals surface area contributed by atoms with E-state index in [-0.39, 0.29) is 0 Å². The second-order valence-corrected chi connectivity index (χ2v) is 7.43. The lowest BCUT2D eigenvalue weighted by atomic mass is 9.89. The summed E-state index contributed by atoms with van der Waals surface area (Å²) in [5.41, 5.74) is 1.48. The van der Waals surface area contributed by atoms with Crippen molar-refractivity contribution in [2.75, 3.05) is 0 Å². The van der Waals surface area contributed by atoms with Crippen LogP contribution in [-0.2, 0) is 0 Å². The van der Waals surface area contributed by atoms with Crippen LogP contribution < -0.4 is 0 Å². The number of unbranched alkanes of at least 4 members (excludes halogenated alkanes) is 1. The summed E-state index contributed by atoms with van der Waals surface area (Å²) in [7, 11) is 0. The molecule has 122 valence electrons. The Hall–Kier alpha value is -0.520. The largest absolute Gasteiger partial charge is 0.0996 e. The van der Waals surface area contributed by atoms with E-state index in [1.165, 1.54) is 63.4 Å². The van der Waals surface area contributed by atoms with E-state index >= 15 is 0 Å². The second kappa shape index (κ2) is 10.2. The van der Waals surface area contributed by atoms with Crippen molar-refractivity contribution in [3.63, 3.8) is 0 Å². The Labute approximate surface area is 134 Å². The first kappa shape index (κ1) is 18.5. The monoisotopic (exact) mass is 290 g/mol. The molecule has 0 spiro atoms. The van der Waals surface area contributed by atoms with Gasteiger partial charge in [0.05, 0.1) is 0 Å². The second-order valence-electron chi connectivity index (χ2n) is 7.43. The maximum atomic E-state index is 4.29. The smallest absolute Gasteiger partial charge is 0.0234 e. The average Bonchev–Trinajstić information content (AvgIpc) is 3.17. The van der Waals surface area contributed by atoms with E-state index in [2.05, 4.69) is 46.4 Å². The molecule has 0 bridgehead atoms.